The maximum absolute atomic E-state index is 5.44. The molecule has 0 radical (unpaired) electrons. The summed E-state index contributed by atoms with van der Waals surface area (Å²) in [5.74, 6) is 1.41. The van der Waals surface area contributed by atoms with Gasteiger partial charge in [-0.25, -0.2) is 0 Å². The minimum absolute atomic E-state index is 0.151. The smallest absolute Gasteiger partial charge is 0.171 e. The third kappa shape index (κ3) is 5.53. The molecular weight excluding hydrogens is 306 g/mol. The average Bonchev–Trinajstić information content (AvgIpc) is 2.55. The van der Waals surface area contributed by atoms with Gasteiger partial charge in [0, 0.05) is 6.20 Å². The van der Waals surface area contributed by atoms with Crippen LogP contribution in [0.25, 0.3) is 0 Å². The van der Waals surface area contributed by atoms with Crippen molar-refractivity contribution in [1.29, 1.82) is 0 Å². The van der Waals surface area contributed by atoms with Gasteiger partial charge >= 0.3 is 0 Å². The Hall–Kier alpha value is -2.14. The van der Waals surface area contributed by atoms with Gasteiger partial charge in [0.1, 0.15) is 5.75 Å². The van der Waals surface area contributed by atoms with Gasteiger partial charge in [-0.05, 0) is 54.4 Å². The SMILES string of the molecule is COc1ccc(C(CC(C)C)NC(=S)Nc2cccnc2)cc1. The first-order valence-corrected chi connectivity index (χ1v) is 8.11. The van der Waals surface area contributed by atoms with Gasteiger partial charge in [-0.15, -0.1) is 0 Å². The summed E-state index contributed by atoms with van der Waals surface area (Å²) < 4.78 is 5.22. The van der Waals surface area contributed by atoms with Crippen molar-refractivity contribution in [3.8, 4) is 5.75 Å². The molecule has 0 saturated carbocycles. The van der Waals surface area contributed by atoms with Crippen molar-refractivity contribution >= 4 is 23.0 Å². The van der Waals surface area contributed by atoms with E-state index in [2.05, 4.69) is 41.6 Å². The average molecular weight is 329 g/mol. The van der Waals surface area contributed by atoms with Crippen LogP contribution in [-0.4, -0.2) is 17.2 Å². The molecule has 2 N–H and O–H groups in total. The Kier molecular flexibility index (Phi) is 6.35. The van der Waals surface area contributed by atoms with Crippen LogP contribution in [0.1, 0.15) is 31.9 Å². The number of thiocarbonyl (C=S) groups is 1. The number of pyridine rings is 1. The van der Waals surface area contributed by atoms with Crippen LogP contribution < -0.4 is 15.4 Å². The molecule has 1 aromatic carbocycles. The van der Waals surface area contributed by atoms with Crippen LogP contribution >= 0.6 is 12.2 Å². The Morgan fingerprint density at radius 2 is 1.96 bits per heavy atom. The molecule has 2 aromatic rings. The number of rotatable bonds is 6. The van der Waals surface area contributed by atoms with Crippen LogP contribution in [0.15, 0.2) is 48.8 Å². The number of hydrogen-bond acceptors (Lipinski definition) is 3. The molecule has 1 heterocycles. The first kappa shape index (κ1) is 17.2. The van der Waals surface area contributed by atoms with Gasteiger partial charge in [-0.1, -0.05) is 26.0 Å². The first-order chi connectivity index (χ1) is 11.1. The molecule has 1 atom stereocenters. The summed E-state index contributed by atoms with van der Waals surface area (Å²) in [7, 11) is 1.67. The lowest BCUT2D eigenvalue weighted by atomic mass is 9.97. The van der Waals surface area contributed by atoms with Crippen molar-refractivity contribution < 1.29 is 4.74 Å². The lowest BCUT2D eigenvalue weighted by Gasteiger charge is -2.23. The van der Waals surface area contributed by atoms with Crippen molar-refractivity contribution in [3.63, 3.8) is 0 Å². The van der Waals surface area contributed by atoms with Crippen LogP contribution in [0.4, 0.5) is 5.69 Å². The zero-order chi connectivity index (χ0) is 16.7. The van der Waals surface area contributed by atoms with E-state index in [-0.39, 0.29) is 6.04 Å². The number of ether oxygens (including phenoxy) is 1. The molecule has 0 aliphatic heterocycles. The van der Waals surface area contributed by atoms with Crippen molar-refractivity contribution in [2.45, 2.75) is 26.3 Å². The fourth-order valence-corrected chi connectivity index (χ4v) is 2.61. The Balaban J connectivity index is 2.06. The first-order valence-electron chi connectivity index (χ1n) is 7.70. The summed E-state index contributed by atoms with van der Waals surface area (Å²) in [4.78, 5) is 4.08. The molecule has 2 rings (SSSR count). The van der Waals surface area contributed by atoms with E-state index < -0.39 is 0 Å². The summed E-state index contributed by atoms with van der Waals surface area (Å²) in [6, 6.07) is 12.1. The molecule has 0 bridgehead atoms. The Morgan fingerprint density at radius 3 is 2.52 bits per heavy atom. The third-order valence-corrected chi connectivity index (χ3v) is 3.67. The van der Waals surface area contributed by atoms with Gasteiger partial charge in [0.25, 0.3) is 0 Å². The highest BCUT2D eigenvalue weighted by Crippen LogP contribution is 2.23. The molecule has 0 saturated heterocycles. The maximum atomic E-state index is 5.44. The number of benzene rings is 1. The second-order valence-electron chi connectivity index (χ2n) is 5.80. The molecule has 0 aliphatic carbocycles. The summed E-state index contributed by atoms with van der Waals surface area (Å²) in [5, 5.41) is 7.17. The quantitative estimate of drug-likeness (QED) is 0.779. The van der Waals surface area contributed by atoms with Crippen LogP contribution in [0.3, 0.4) is 0 Å². The fourth-order valence-electron chi connectivity index (χ4n) is 2.35. The van der Waals surface area contributed by atoms with E-state index in [1.54, 1.807) is 19.5 Å². The van der Waals surface area contributed by atoms with E-state index in [1.165, 1.54) is 5.56 Å². The number of nitrogens with one attached hydrogen (secondary N) is 2. The van der Waals surface area contributed by atoms with Crippen molar-refractivity contribution in [1.82, 2.24) is 10.3 Å². The van der Waals surface area contributed by atoms with Crippen LogP contribution in [-0.2, 0) is 0 Å². The van der Waals surface area contributed by atoms with E-state index in [9.17, 15) is 0 Å². The molecule has 5 heteroatoms. The van der Waals surface area contributed by atoms with Gasteiger partial charge in [0.05, 0.1) is 25.0 Å². The highest BCUT2D eigenvalue weighted by Gasteiger charge is 2.15. The normalized spacial score (nSPS) is 11.8. The van der Waals surface area contributed by atoms with E-state index in [4.69, 9.17) is 17.0 Å². The van der Waals surface area contributed by atoms with Crippen LogP contribution in [0, 0.1) is 5.92 Å². The Morgan fingerprint density at radius 1 is 1.22 bits per heavy atom. The Bertz CT molecular complexity index is 614. The molecule has 0 amide bonds. The molecule has 0 fully saturated rings. The summed E-state index contributed by atoms with van der Waals surface area (Å²) in [6.45, 7) is 4.41. The predicted octanol–water partition coefficient (Wildman–Crippen LogP) is 4.16. The van der Waals surface area contributed by atoms with Crippen molar-refractivity contribution in [2.24, 2.45) is 5.92 Å². The zero-order valence-corrected chi connectivity index (χ0v) is 14.6. The molecule has 1 unspecified atom stereocenters. The lowest BCUT2D eigenvalue weighted by molar-refractivity contribution is 0.414. The van der Waals surface area contributed by atoms with Crippen LogP contribution in [0.2, 0.25) is 0 Å². The highest BCUT2D eigenvalue weighted by atomic mass is 32.1. The maximum Gasteiger partial charge on any atom is 0.171 e. The summed E-state index contributed by atoms with van der Waals surface area (Å²) in [5.41, 5.74) is 2.07. The number of anilines is 1. The number of aromatic nitrogens is 1. The number of hydrogen-bond donors (Lipinski definition) is 2. The largest absolute Gasteiger partial charge is 0.497 e. The number of nitrogens with zero attached hydrogens (tertiary/aromatic N) is 1. The van der Waals surface area contributed by atoms with Crippen molar-refractivity contribution in [2.75, 3.05) is 12.4 Å². The van der Waals surface area contributed by atoms with Gasteiger partial charge < -0.3 is 15.4 Å². The molecular formula is C18H23N3OS. The second kappa shape index (κ2) is 8.48. The van der Waals surface area contributed by atoms with Gasteiger partial charge in [0.2, 0.25) is 0 Å². The van der Waals surface area contributed by atoms with Crippen molar-refractivity contribution in [3.05, 3.63) is 54.4 Å². The minimum atomic E-state index is 0.151. The standard InChI is InChI=1S/C18H23N3OS/c1-13(2)11-17(14-6-8-16(22-3)9-7-14)21-18(23)20-15-5-4-10-19-12-15/h4-10,12-13,17H,11H2,1-3H3,(H2,20,21,23). The van der Waals surface area contributed by atoms with Gasteiger partial charge in [-0.3, -0.25) is 4.98 Å². The van der Waals surface area contributed by atoms with Gasteiger partial charge in [-0.2, -0.15) is 0 Å². The minimum Gasteiger partial charge on any atom is -0.497 e. The topological polar surface area (TPSA) is 46.2 Å². The summed E-state index contributed by atoms with van der Waals surface area (Å²) in [6.07, 6.45) is 4.47. The fraction of sp³-hybridized carbons (Fsp3) is 0.333. The molecule has 0 spiro atoms. The molecule has 0 aliphatic rings. The van der Waals surface area contributed by atoms with Gasteiger partial charge in [0.15, 0.2) is 5.11 Å². The molecule has 4 nitrogen and oxygen atoms in total. The second-order valence-corrected chi connectivity index (χ2v) is 6.20. The summed E-state index contributed by atoms with van der Waals surface area (Å²) >= 11 is 5.44. The monoisotopic (exact) mass is 329 g/mol. The number of methoxy groups -OCH3 is 1. The van der Waals surface area contributed by atoms with Crippen LogP contribution in [0.5, 0.6) is 5.75 Å². The van der Waals surface area contributed by atoms with E-state index in [0.717, 1.165) is 17.9 Å². The Labute approximate surface area is 143 Å². The molecule has 23 heavy (non-hydrogen) atoms. The third-order valence-electron chi connectivity index (χ3n) is 3.45. The highest BCUT2D eigenvalue weighted by molar-refractivity contribution is 7.80. The van der Waals surface area contributed by atoms with E-state index in [0.29, 0.717) is 11.0 Å². The molecule has 122 valence electrons. The van der Waals surface area contributed by atoms with E-state index in [1.807, 2.05) is 24.3 Å². The molecule has 1 aromatic heterocycles. The predicted molar refractivity (Wildman–Crippen MR) is 98.8 cm³/mol. The van der Waals surface area contributed by atoms with E-state index >= 15 is 0 Å². The lowest BCUT2D eigenvalue weighted by Crippen LogP contribution is -2.33. The zero-order valence-electron chi connectivity index (χ0n) is 13.7.